The highest BCUT2D eigenvalue weighted by atomic mass is 35.5. The summed E-state index contributed by atoms with van der Waals surface area (Å²) in [6.07, 6.45) is 4.38. The summed E-state index contributed by atoms with van der Waals surface area (Å²) < 4.78 is 1.44. The summed E-state index contributed by atoms with van der Waals surface area (Å²) >= 11 is 5.95. The lowest BCUT2D eigenvalue weighted by atomic mass is 10.1. The van der Waals surface area contributed by atoms with Gasteiger partial charge < -0.3 is 5.11 Å². The van der Waals surface area contributed by atoms with Gasteiger partial charge in [0.15, 0.2) is 5.65 Å². The van der Waals surface area contributed by atoms with Gasteiger partial charge in [0.05, 0.1) is 11.8 Å². The predicted molar refractivity (Wildman–Crippen MR) is 70.4 cm³/mol. The SMILES string of the molecule is O=C(O)c1cnc2c(-c3cccc(Cl)c3)cnn2c1. The Balaban J connectivity index is 2.18. The minimum atomic E-state index is -1.03. The summed E-state index contributed by atoms with van der Waals surface area (Å²) in [5.74, 6) is -1.03. The molecule has 5 nitrogen and oxygen atoms in total. The van der Waals surface area contributed by atoms with E-state index < -0.39 is 5.97 Å². The van der Waals surface area contributed by atoms with E-state index >= 15 is 0 Å². The van der Waals surface area contributed by atoms with Crippen molar-refractivity contribution in [3.05, 3.63) is 53.4 Å². The number of rotatable bonds is 2. The first-order chi connectivity index (χ1) is 9.15. The van der Waals surface area contributed by atoms with Crippen LogP contribution in [0.2, 0.25) is 5.02 Å². The van der Waals surface area contributed by atoms with Crippen molar-refractivity contribution in [2.24, 2.45) is 0 Å². The number of carbonyl (C=O) groups is 1. The number of hydrogen-bond donors (Lipinski definition) is 1. The van der Waals surface area contributed by atoms with Crippen molar-refractivity contribution in [2.45, 2.75) is 0 Å². The maximum absolute atomic E-state index is 10.9. The number of fused-ring (bicyclic) bond motifs is 1. The summed E-state index contributed by atoms with van der Waals surface area (Å²) in [6, 6.07) is 7.33. The molecule has 0 saturated carbocycles. The van der Waals surface area contributed by atoms with Gasteiger partial charge in [-0.2, -0.15) is 5.10 Å². The number of aromatic nitrogens is 3. The summed E-state index contributed by atoms with van der Waals surface area (Å²) in [5, 5.41) is 13.6. The first kappa shape index (κ1) is 11.7. The summed E-state index contributed by atoms with van der Waals surface area (Å²) in [4.78, 5) is 15.0. The Bertz CT molecular complexity index is 782. The Labute approximate surface area is 113 Å². The van der Waals surface area contributed by atoms with Crippen molar-refractivity contribution in [1.82, 2.24) is 14.6 Å². The van der Waals surface area contributed by atoms with E-state index in [1.807, 2.05) is 18.2 Å². The van der Waals surface area contributed by atoms with Gasteiger partial charge in [0.25, 0.3) is 0 Å². The maximum Gasteiger partial charge on any atom is 0.338 e. The second-order valence-corrected chi connectivity index (χ2v) is 4.42. The topological polar surface area (TPSA) is 67.5 Å². The maximum atomic E-state index is 10.9. The fraction of sp³-hybridized carbons (Fsp3) is 0. The van der Waals surface area contributed by atoms with Crippen LogP contribution in [0.5, 0.6) is 0 Å². The molecule has 0 amide bonds. The van der Waals surface area contributed by atoms with Gasteiger partial charge in [0.1, 0.15) is 0 Å². The van der Waals surface area contributed by atoms with E-state index in [9.17, 15) is 4.79 Å². The van der Waals surface area contributed by atoms with E-state index in [4.69, 9.17) is 16.7 Å². The Morgan fingerprint density at radius 2 is 2.16 bits per heavy atom. The number of carboxylic acids is 1. The Morgan fingerprint density at radius 3 is 2.89 bits per heavy atom. The van der Waals surface area contributed by atoms with Gasteiger partial charge in [0.2, 0.25) is 0 Å². The third-order valence-corrected chi connectivity index (χ3v) is 2.97. The van der Waals surface area contributed by atoms with E-state index in [2.05, 4.69) is 10.1 Å². The van der Waals surface area contributed by atoms with E-state index in [1.54, 1.807) is 12.3 Å². The molecule has 19 heavy (non-hydrogen) atoms. The molecule has 0 aliphatic rings. The Morgan fingerprint density at radius 1 is 1.32 bits per heavy atom. The normalized spacial score (nSPS) is 10.8. The molecule has 0 unspecified atom stereocenters. The number of aromatic carboxylic acids is 1. The molecule has 3 aromatic rings. The highest BCUT2D eigenvalue weighted by molar-refractivity contribution is 6.30. The predicted octanol–water partition coefficient (Wildman–Crippen LogP) is 2.75. The van der Waals surface area contributed by atoms with Gasteiger partial charge in [0, 0.05) is 23.0 Å². The molecule has 1 aromatic carbocycles. The lowest BCUT2D eigenvalue weighted by Gasteiger charge is -2.00. The molecule has 2 heterocycles. The van der Waals surface area contributed by atoms with Crippen LogP contribution in [0, 0.1) is 0 Å². The third kappa shape index (κ3) is 2.04. The van der Waals surface area contributed by atoms with Crippen LogP contribution in [0.25, 0.3) is 16.8 Å². The van der Waals surface area contributed by atoms with Crippen LogP contribution in [0.1, 0.15) is 10.4 Å². The molecule has 94 valence electrons. The van der Waals surface area contributed by atoms with E-state index in [0.717, 1.165) is 11.1 Å². The molecule has 1 N–H and O–H groups in total. The molecule has 0 bridgehead atoms. The zero-order chi connectivity index (χ0) is 13.4. The molecular formula is C13H8ClN3O2. The molecule has 0 saturated heterocycles. The second kappa shape index (κ2) is 4.37. The molecule has 0 radical (unpaired) electrons. The Hall–Kier alpha value is -2.40. The fourth-order valence-electron chi connectivity index (χ4n) is 1.84. The first-order valence-corrected chi connectivity index (χ1v) is 5.85. The quantitative estimate of drug-likeness (QED) is 0.779. The van der Waals surface area contributed by atoms with Crippen molar-refractivity contribution < 1.29 is 9.90 Å². The smallest absolute Gasteiger partial charge is 0.338 e. The lowest BCUT2D eigenvalue weighted by Crippen LogP contribution is -2.01. The van der Waals surface area contributed by atoms with Crippen LogP contribution >= 0.6 is 11.6 Å². The van der Waals surface area contributed by atoms with Crippen molar-refractivity contribution >= 4 is 23.2 Å². The fourth-order valence-corrected chi connectivity index (χ4v) is 2.04. The molecule has 0 aliphatic heterocycles. The standard InChI is InChI=1S/C13H8ClN3O2/c14-10-3-1-2-8(4-10)11-6-16-17-7-9(13(18)19)5-15-12(11)17/h1-7H,(H,18,19). The van der Waals surface area contributed by atoms with E-state index in [1.165, 1.54) is 16.9 Å². The number of hydrogen-bond acceptors (Lipinski definition) is 3. The van der Waals surface area contributed by atoms with Gasteiger partial charge in [-0.25, -0.2) is 14.3 Å². The molecule has 2 aromatic heterocycles. The average Bonchev–Trinajstić information content (AvgIpc) is 2.81. The lowest BCUT2D eigenvalue weighted by molar-refractivity contribution is 0.0695. The summed E-state index contributed by atoms with van der Waals surface area (Å²) in [6.45, 7) is 0. The molecule has 0 atom stereocenters. The van der Waals surface area contributed by atoms with Gasteiger partial charge in [-0.15, -0.1) is 0 Å². The number of nitrogens with zero attached hydrogens (tertiary/aromatic N) is 3. The zero-order valence-electron chi connectivity index (χ0n) is 9.62. The largest absolute Gasteiger partial charge is 0.478 e. The van der Waals surface area contributed by atoms with Crippen LogP contribution in [-0.4, -0.2) is 25.7 Å². The van der Waals surface area contributed by atoms with E-state index in [0.29, 0.717) is 10.7 Å². The highest BCUT2D eigenvalue weighted by Gasteiger charge is 2.11. The van der Waals surface area contributed by atoms with E-state index in [-0.39, 0.29) is 5.56 Å². The first-order valence-electron chi connectivity index (χ1n) is 5.48. The average molecular weight is 274 g/mol. The van der Waals surface area contributed by atoms with Crippen molar-refractivity contribution in [2.75, 3.05) is 0 Å². The van der Waals surface area contributed by atoms with Crippen molar-refractivity contribution in [3.63, 3.8) is 0 Å². The minimum Gasteiger partial charge on any atom is -0.478 e. The number of carboxylic acid groups (broad SMARTS) is 1. The van der Waals surface area contributed by atoms with Gasteiger partial charge in [-0.1, -0.05) is 23.7 Å². The van der Waals surface area contributed by atoms with Crippen molar-refractivity contribution in [1.29, 1.82) is 0 Å². The minimum absolute atomic E-state index is 0.0910. The molecular weight excluding hydrogens is 266 g/mol. The van der Waals surface area contributed by atoms with Crippen LogP contribution in [0.15, 0.2) is 42.9 Å². The van der Waals surface area contributed by atoms with Crippen LogP contribution in [-0.2, 0) is 0 Å². The van der Waals surface area contributed by atoms with Crippen molar-refractivity contribution in [3.8, 4) is 11.1 Å². The van der Waals surface area contributed by atoms with Gasteiger partial charge >= 0.3 is 5.97 Å². The van der Waals surface area contributed by atoms with Gasteiger partial charge in [-0.05, 0) is 17.7 Å². The molecule has 6 heteroatoms. The molecule has 0 fully saturated rings. The van der Waals surface area contributed by atoms with Crippen LogP contribution in [0.3, 0.4) is 0 Å². The zero-order valence-corrected chi connectivity index (χ0v) is 10.4. The van der Waals surface area contributed by atoms with Crippen LogP contribution < -0.4 is 0 Å². The number of benzene rings is 1. The molecule has 0 spiro atoms. The van der Waals surface area contributed by atoms with Crippen LogP contribution in [0.4, 0.5) is 0 Å². The summed E-state index contributed by atoms with van der Waals surface area (Å²) in [7, 11) is 0. The number of halogens is 1. The van der Waals surface area contributed by atoms with Gasteiger partial charge in [-0.3, -0.25) is 0 Å². The monoisotopic (exact) mass is 273 g/mol. The second-order valence-electron chi connectivity index (χ2n) is 3.98. The molecule has 3 rings (SSSR count). The third-order valence-electron chi connectivity index (χ3n) is 2.74. The Kier molecular flexibility index (Phi) is 2.68. The molecule has 0 aliphatic carbocycles. The highest BCUT2D eigenvalue weighted by Crippen LogP contribution is 2.25. The summed E-state index contributed by atoms with van der Waals surface area (Å²) in [5.41, 5.74) is 2.37.